The van der Waals surface area contributed by atoms with E-state index in [0.717, 1.165) is 33.8 Å². The van der Waals surface area contributed by atoms with Crippen LogP contribution in [0.25, 0.3) is 11.4 Å². The normalized spacial score (nSPS) is 11.3. The third-order valence-corrected chi connectivity index (χ3v) is 5.37. The summed E-state index contributed by atoms with van der Waals surface area (Å²) in [6.45, 7) is 9.10. The van der Waals surface area contributed by atoms with E-state index in [-0.39, 0.29) is 0 Å². The minimum atomic E-state index is 0.531. The molecule has 0 atom stereocenters. The van der Waals surface area contributed by atoms with Crippen LogP contribution in [0.4, 0.5) is 0 Å². The first-order chi connectivity index (χ1) is 12.5. The lowest BCUT2D eigenvalue weighted by molar-refractivity contribution is 0.343. The highest BCUT2D eigenvalue weighted by Gasteiger charge is 2.14. The first-order valence-electron chi connectivity index (χ1n) is 8.77. The summed E-state index contributed by atoms with van der Waals surface area (Å²) >= 11 is 1.64. The highest BCUT2D eigenvalue weighted by atomic mass is 32.2. The molecular weight excluding hydrogens is 346 g/mol. The van der Waals surface area contributed by atoms with Crippen molar-refractivity contribution in [2.75, 3.05) is 12.4 Å². The van der Waals surface area contributed by atoms with Gasteiger partial charge in [0.2, 0.25) is 0 Å². The molecule has 0 aliphatic heterocycles. The molecule has 138 valence electrons. The zero-order valence-corrected chi connectivity index (χ0v) is 16.8. The van der Waals surface area contributed by atoms with Gasteiger partial charge < -0.3 is 13.7 Å². The maximum Gasteiger partial charge on any atom is 0.191 e. The zero-order valence-electron chi connectivity index (χ0n) is 15.9. The monoisotopic (exact) mass is 371 g/mol. The smallest absolute Gasteiger partial charge is 0.191 e. The number of benzene rings is 1. The van der Waals surface area contributed by atoms with E-state index >= 15 is 0 Å². The predicted molar refractivity (Wildman–Crippen MR) is 105 cm³/mol. The molecule has 0 unspecified atom stereocenters. The Balaban J connectivity index is 1.55. The number of rotatable bonds is 7. The van der Waals surface area contributed by atoms with Gasteiger partial charge in [0.05, 0.1) is 18.4 Å². The Morgan fingerprint density at radius 1 is 1.19 bits per heavy atom. The molecule has 0 amide bonds. The molecule has 6 heteroatoms. The highest BCUT2D eigenvalue weighted by Crippen LogP contribution is 2.26. The van der Waals surface area contributed by atoms with Crippen LogP contribution in [0.1, 0.15) is 36.7 Å². The van der Waals surface area contributed by atoms with Crippen molar-refractivity contribution in [3.05, 3.63) is 47.4 Å². The van der Waals surface area contributed by atoms with Gasteiger partial charge >= 0.3 is 0 Å². The summed E-state index contributed by atoms with van der Waals surface area (Å²) in [5.74, 6) is 3.92. The molecule has 0 fully saturated rings. The Hall–Kier alpha value is -2.21. The molecule has 0 aliphatic carbocycles. The summed E-state index contributed by atoms with van der Waals surface area (Å²) in [4.78, 5) is 0. The SMILES string of the molecule is Cc1cc(OCCSc2nnc(-c3ccoc3C)n2C)ccc1C(C)C. The molecule has 1 aromatic carbocycles. The lowest BCUT2D eigenvalue weighted by Crippen LogP contribution is -2.03. The molecular formula is C20H25N3O2S. The van der Waals surface area contributed by atoms with Crippen LogP contribution in [0.5, 0.6) is 5.75 Å². The summed E-state index contributed by atoms with van der Waals surface area (Å²) < 4.78 is 13.2. The lowest BCUT2D eigenvalue weighted by atomic mass is 9.98. The Bertz CT molecular complexity index is 883. The van der Waals surface area contributed by atoms with Gasteiger partial charge in [0, 0.05) is 12.8 Å². The topological polar surface area (TPSA) is 53.1 Å². The van der Waals surface area contributed by atoms with Crippen LogP contribution >= 0.6 is 11.8 Å². The van der Waals surface area contributed by atoms with Crippen molar-refractivity contribution < 1.29 is 9.15 Å². The third-order valence-electron chi connectivity index (χ3n) is 4.38. The van der Waals surface area contributed by atoms with Crippen molar-refractivity contribution in [3.8, 4) is 17.1 Å². The van der Waals surface area contributed by atoms with Crippen LogP contribution < -0.4 is 4.74 Å². The second kappa shape index (κ2) is 7.99. The number of hydrogen-bond acceptors (Lipinski definition) is 5. The summed E-state index contributed by atoms with van der Waals surface area (Å²) in [6.07, 6.45) is 1.67. The number of thioether (sulfide) groups is 1. The molecule has 5 nitrogen and oxygen atoms in total. The number of ether oxygens (including phenoxy) is 1. The highest BCUT2D eigenvalue weighted by molar-refractivity contribution is 7.99. The van der Waals surface area contributed by atoms with E-state index in [1.54, 1.807) is 18.0 Å². The summed E-state index contributed by atoms with van der Waals surface area (Å²) in [5.41, 5.74) is 3.62. The standard InChI is InChI=1S/C20H25N3O2S/c1-13(2)17-7-6-16(12-14(17)3)25-10-11-26-20-22-21-19(23(20)5)18-8-9-24-15(18)4/h6-9,12-13H,10-11H2,1-5H3. The zero-order chi connectivity index (χ0) is 18.7. The number of aryl methyl sites for hydroxylation is 2. The number of hydrogen-bond donors (Lipinski definition) is 0. The molecule has 2 aromatic heterocycles. The number of nitrogens with zero attached hydrogens (tertiary/aromatic N) is 3. The van der Waals surface area contributed by atoms with Crippen LogP contribution in [0.3, 0.4) is 0 Å². The van der Waals surface area contributed by atoms with E-state index in [0.29, 0.717) is 12.5 Å². The maximum absolute atomic E-state index is 5.89. The third kappa shape index (κ3) is 3.96. The Morgan fingerprint density at radius 2 is 2.00 bits per heavy atom. The van der Waals surface area contributed by atoms with Crippen LogP contribution in [-0.2, 0) is 7.05 Å². The Kier molecular flexibility index (Phi) is 5.71. The van der Waals surface area contributed by atoms with Gasteiger partial charge in [0.25, 0.3) is 0 Å². The predicted octanol–water partition coefficient (Wildman–Crippen LogP) is 4.99. The summed E-state index contributed by atoms with van der Waals surface area (Å²) in [7, 11) is 1.97. The van der Waals surface area contributed by atoms with E-state index in [1.165, 1.54) is 11.1 Å². The minimum absolute atomic E-state index is 0.531. The average Bonchev–Trinajstić information content (AvgIpc) is 3.17. The van der Waals surface area contributed by atoms with Crippen molar-refractivity contribution in [2.24, 2.45) is 7.05 Å². The molecule has 26 heavy (non-hydrogen) atoms. The molecule has 0 aliphatic rings. The first kappa shape index (κ1) is 18.6. The fourth-order valence-electron chi connectivity index (χ4n) is 2.97. The fourth-order valence-corrected chi connectivity index (χ4v) is 3.70. The number of furan rings is 1. The van der Waals surface area contributed by atoms with Crippen LogP contribution in [0.2, 0.25) is 0 Å². The van der Waals surface area contributed by atoms with E-state index in [4.69, 9.17) is 9.15 Å². The number of aromatic nitrogens is 3. The van der Waals surface area contributed by atoms with Gasteiger partial charge in [-0.15, -0.1) is 10.2 Å². The van der Waals surface area contributed by atoms with Gasteiger partial charge in [-0.3, -0.25) is 0 Å². The molecule has 3 rings (SSSR count). The van der Waals surface area contributed by atoms with Crippen molar-refractivity contribution >= 4 is 11.8 Å². The second-order valence-electron chi connectivity index (χ2n) is 6.63. The van der Waals surface area contributed by atoms with Gasteiger partial charge in [0.1, 0.15) is 11.5 Å². The van der Waals surface area contributed by atoms with Crippen LogP contribution in [0, 0.1) is 13.8 Å². The largest absolute Gasteiger partial charge is 0.493 e. The first-order valence-corrected chi connectivity index (χ1v) is 9.76. The van der Waals surface area contributed by atoms with Crippen molar-refractivity contribution in [1.82, 2.24) is 14.8 Å². The average molecular weight is 372 g/mol. The van der Waals surface area contributed by atoms with Crippen molar-refractivity contribution in [1.29, 1.82) is 0 Å². The van der Waals surface area contributed by atoms with Gasteiger partial charge in [-0.25, -0.2) is 0 Å². The van der Waals surface area contributed by atoms with E-state index < -0.39 is 0 Å². The van der Waals surface area contributed by atoms with E-state index in [2.05, 4.69) is 49.2 Å². The van der Waals surface area contributed by atoms with Gasteiger partial charge in [0.15, 0.2) is 11.0 Å². The summed E-state index contributed by atoms with van der Waals surface area (Å²) in [6, 6.07) is 8.24. The van der Waals surface area contributed by atoms with Crippen LogP contribution in [0.15, 0.2) is 40.1 Å². The fraction of sp³-hybridized carbons (Fsp3) is 0.400. The molecule has 2 heterocycles. The van der Waals surface area contributed by atoms with Gasteiger partial charge in [-0.2, -0.15) is 0 Å². The van der Waals surface area contributed by atoms with Gasteiger partial charge in [-0.1, -0.05) is 31.7 Å². The Morgan fingerprint density at radius 3 is 2.65 bits per heavy atom. The second-order valence-corrected chi connectivity index (χ2v) is 7.69. The van der Waals surface area contributed by atoms with Gasteiger partial charge in [-0.05, 0) is 49.1 Å². The molecule has 0 N–H and O–H groups in total. The van der Waals surface area contributed by atoms with Crippen molar-refractivity contribution in [3.63, 3.8) is 0 Å². The molecule has 0 radical (unpaired) electrons. The minimum Gasteiger partial charge on any atom is -0.493 e. The van der Waals surface area contributed by atoms with E-state index in [1.807, 2.05) is 24.6 Å². The van der Waals surface area contributed by atoms with Crippen molar-refractivity contribution in [2.45, 2.75) is 38.8 Å². The molecule has 3 aromatic rings. The molecule has 0 bridgehead atoms. The molecule has 0 saturated heterocycles. The van der Waals surface area contributed by atoms with Crippen LogP contribution in [-0.4, -0.2) is 27.1 Å². The summed E-state index contributed by atoms with van der Waals surface area (Å²) in [5, 5.41) is 9.44. The quantitative estimate of drug-likeness (QED) is 0.433. The maximum atomic E-state index is 5.89. The lowest BCUT2D eigenvalue weighted by Gasteiger charge is -2.12. The van der Waals surface area contributed by atoms with E-state index in [9.17, 15) is 0 Å². The molecule has 0 spiro atoms. The Labute approximate surface area is 158 Å². The molecule has 0 saturated carbocycles.